The molecule has 1 aromatic carbocycles. The molecule has 0 aromatic heterocycles. The maximum absolute atomic E-state index is 13.3. The third kappa shape index (κ3) is 2.91. The Balaban J connectivity index is 2.56. The number of hydrogen-bond donors (Lipinski definition) is 0. The summed E-state index contributed by atoms with van der Waals surface area (Å²) in [7, 11) is -1.31. The van der Waals surface area contributed by atoms with Crippen LogP contribution in [0.5, 0.6) is 0 Å². The zero-order valence-electron chi connectivity index (χ0n) is 11.9. The van der Waals surface area contributed by atoms with Gasteiger partial charge in [0.1, 0.15) is 5.82 Å². The minimum Gasteiger partial charge on any atom is -0.399 e. The van der Waals surface area contributed by atoms with E-state index < -0.39 is 41.3 Å². The predicted molar refractivity (Wildman–Crippen MR) is 72.1 cm³/mol. The van der Waals surface area contributed by atoms with E-state index in [-0.39, 0.29) is 5.02 Å². The Morgan fingerprint density at radius 2 is 1.52 bits per heavy atom. The molecule has 1 heterocycles. The van der Waals surface area contributed by atoms with Gasteiger partial charge in [-0.25, -0.2) is 4.39 Å². The number of halogens is 5. The molecule has 0 radical (unpaired) electrons. The molecule has 1 fully saturated rings. The predicted octanol–water partition coefficient (Wildman–Crippen LogP) is 3.80. The highest BCUT2D eigenvalue weighted by molar-refractivity contribution is 6.66. The molecule has 2 rings (SSSR count). The van der Waals surface area contributed by atoms with Gasteiger partial charge in [0, 0.05) is 10.5 Å². The van der Waals surface area contributed by atoms with Crippen molar-refractivity contribution in [3.63, 3.8) is 0 Å². The SMILES string of the molecule is CC1(C)OB(c2c(Cl)cc(F)cc2C(F)(F)F)OC1(C)C. The fourth-order valence-corrected chi connectivity index (χ4v) is 2.31. The summed E-state index contributed by atoms with van der Waals surface area (Å²) in [5, 5.41) is -0.374. The highest BCUT2D eigenvalue weighted by atomic mass is 35.5. The van der Waals surface area contributed by atoms with Gasteiger partial charge in [-0.2, -0.15) is 13.2 Å². The van der Waals surface area contributed by atoms with Crippen LogP contribution in [-0.4, -0.2) is 18.3 Å². The molecule has 1 saturated heterocycles. The van der Waals surface area contributed by atoms with Crippen LogP contribution >= 0.6 is 11.6 Å². The smallest absolute Gasteiger partial charge is 0.399 e. The second-order valence-electron chi connectivity index (χ2n) is 5.93. The van der Waals surface area contributed by atoms with Gasteiger partial charge in [0.25, 0.3) is 0 Å². The summed E-state index contributed by atoms with van der Waals surface area (Å²) in [5.41, 5.74) is -3.23. The Morgan fingerprint density at radius 3 is 1.95 bits per heavy atom. The maximum Gasteiger partial charge on any atom is 0.496 e. The third-order valence-corrected chi connectivity index (χ3v) is 4.20. The Bertz CT molecular complexity index is 556. The van der Waals surface area contributed by atoms with Gasteiger partial charge in [-0.3, -0.25) is 0 Å². The van der Waals surface area contributed by atoms with Crippen molar-refractivity contribution < 1.29 is 26.9 Å². The first-order valence-corrected chi connectivity index (χ1v) is 6.65. The number of hydrogen-bond acceptors (Lipinski definition) is 2. The fraction of sp³-hybridized carbons (Fsp3) is 0.538. The Kier molecular flexibility index (Phi) is 3.84. The molecule has 0 spiro atoms. The highest BCUT2D eigenvalue weighted by Crippen LogP contribution is 2.39. The summed E-state index contributed by atoms with van der Waals surface area (Å²) < 4.78 is 63.8. The molecule has 0 aliphatic carbocycles. The van der Waals surface area contributed by atoms with Crippen LogP contribution in [0.3, 0.4) is 0 Å². The topological polar surface area (TPSA) is 18.5 Å². The van der Waals surface area contributed by atoms with Gasteiger partial charge in [0.15, 0.2) is 0 Å². The van der Waals surface area contributed by atoms with Gasteiger partial charge in [0.2, 0.25) is 0 Å². The van der Waals surface area contributed by atoms with Crippen molar-refractivity contribution in [1.82, 2.24) is 0 Å². The summed E-state index contributed by atoms with van der Waals surface area (Å²) >= 11 is 5.81. The van der Waals surface area contributed by atoms with Crippen LogP contribution in [0.15, 0.2) is 12.1 Å². The molecule has 0 saturated carbocycles. The molecule has 0 N–H and O–H groups in total. The minimum atomic E-state index is -4.76. The van der Waals surface area contributed by atoms with Gasteiger partial charge >= 0.3 is 13.3 Å². The standard InChI is InChI=1S/C13H14BClF4O2/c1-11(2)12(3,4)21-14(20-11)10-8(13(17,18)19)5-7(16)6-9(10)15/h5-6H,1-4H3. The van der Waals surface area contributed by atoms with E-state index in [1.807, 2.05) is 0 Å². The number of alkyl halides is 3. The minimum absolute atomic E-state index is 0.374. The molecule has 1 aliphatic rings. The van der Waals surface area contributed by atoms with Crippen LogP contribution < -0.4 is 5.46 Å². The lowest BCUT2D eigenvalue weighted by Gasteiger charge is -2.32. The maximum atomic E-state index is 13.3. The molecule has 2 nitrogen and oxygen atoms in total. The van der Waals surface area contributed by atoms with E-state index in [1.54, 1.807) is 27.7 Å². The van der Waals surface area contributed by atoms with Crippen LogP contribution in [0.2, 0.25) is 5.02 Å². The van der Waals surface area contributed by atoms with E-state index in [0.29, 0.717) is 6.07 Å². The summed E-state index contributed by atoms with van der Waals surface area (Å²) in [6.07, 6.45) is -4.76. The molecule has 0 amide bonds. The van der Waals surface area contributed by atoms with Crippen molar-refractivity contribution in [2.45, 2.75) is 45.1 Å². The zero-order chi connectivity index (χ0) is 16.2. The van der Waals surface area contributed by atoms with Crippen molar-refractivity contribution in [3.8, 4) is 0 Å². The Hall–Kier alpha value is -0.785. The average Bonchev–Trinajstić information content (AvgIpc) is 2.44. The van der Waals surface area contributed by atoms with E-state index in [9.17, 15) is 17.6 Å². The lowest BCUT2D eigenvalue weighted by Crippen LogP contribution is -2.41. The molecule has 21 heavy (non-hydrogen) atoms. The number of benzene rings is 1. The van der Waals surface area contributed by atoms with Gasteiger partial charge < -0.3 is 9.31 Å². The molecular weight excluding hydrogens is 310 g/mol. The van der Waals surface area contributed by atoms with Crippen LogP contribution in [-0.2, 0) is 15.5 Å². The fourth-order valence-electron chi connectivity index (χ4n) is 2.02. The van der Waals surface area contributed by atoms with Crippen LogP contribution in [0, 0.1) is 5.82 Å². The van der Waals surface area contributed by atoms with E-state index in [0.717, 1.165) is 6.07 Å². The van der Waals surface area contributed by atoms with Crippen LogP contribution in [0.1, 0.15) is 33.3 Å². The van der Waals surface area contributed by atoms with E-state index in [4.69, 9.17) is 20.9 Å². The monoisotopic (exact) mass is 324 g/mol. The molecule has 0 atom stereocenters. The molecule has 1 aliphatic heterocycles. The molecule has 116 valence electrons. The van der Waals surface area contributed by atoms with E-state index >= 15 is 0 Å². The Morgan fingerprint density at radius 1 is 1.05 bits per heavy atom. The first kappa shape index (κ1) is 16.6. The molecular formula is C13H14BClF4O2. The van der Waals surface area contributed by atoms with Crippen molar-refractivity contribution in [2.24, 2.45) is 0 Å². The van der Waals surface area contributed by atoms with E-state index in [1.165, 1.54) is 0 Å². The highest BCUT2D eigenvalue weighted by Gasteiger charge is 2.54. The summed E-state index contributed by atoms with van der Waals surface area (Å²) in [6, 6.07) is 1.21. The normalized spacial score (nSPS) is 20.9. The quantitative estimate of drug-likeness (QED) is 0.578. The second kappa shape index (κ2) is 4.86. The first-order valence-electron chi connectivity index (χ1n) is 6.27. The Labute approximate surface area is 125 Å². The lowest BCUT2D eigenvalue weighted by atomic mass is 9.75. The zero-order valence-corrected chi connectivity index (χ0v) is 12.7. The lowest BCUT2D eigenvalue weighted by molar-refractivity contribution is -0.137. The van der Waals surface area contributed by atoms with Crippen LogP contribution in [0.4, 0.5) is 17.6 Å². The first-order chi connectivity index (χ1) is 9.35. The van der Waals surface area contributed by atoms with Crippen molar-refractivity contribution in [3.05, 3.63) is 28.5 Å². The third-order valence-electron chi connectivity index (χ3n) is 3.89. The molecule has 0 unspecified atom stereocenters. The van der Waals surface area contributed by atoms with Gasteiger partial charge in [0.05, 0.1) is 16.8 Å². The summed E-state index contributed by atoms with van der Waals surface area (Å²) in [6.45, 7) is 6.82. The summed E-state index contributed by atoms with van der Waals surface area (Å²) in [4.78, 5) is 0. The number of rotatable bonds is 1. The summed E-state index contributed by atoms with van der Waals surface area (Å²) in [5.74, 6) is -1.06. The van der Waals surface area contributed by atoms with Crippen molar-refractivity contribution in [1.29, 1.82) is 0 Å². The average molecular weight is 325 g/mol. The van der Waals surface area contributed by atoms with Crippen LogP contribution in [0.25, 0.3) is 0 Å². The van der Waals surface area contributed by atoms with Gasteiger partial charge in [-0.05, 0) is 39.8 Å². The molecule has 0 bridgehead atoms. The molecule has 1 aromatic rings. The largest absolute Gasteiger partial charge is 0.496 e. The van der Waals surface area contributed by atoms with Gasteiger partial charge in [-0.15, -0.1) is 0 Å². The van der Waals surface area contributed by atoms with E-state index in [2.05, 4.69) is 0 Å². The van der Waals surface area contributed by atoms with Crippen molar-refractivity contribution in [2.75, 3.05) is 0 Å². The van der Waals surface area contributed by atoms with Gasteiger partial charge in [-0.1, -0.05) is 11.6 Å². The second-order valence-corrected chi connectivity index (χ2v) is 6.34. The van der Waals surface area contributed by atoms with Crippen molar-refractivity contribution >= 4 is 24.2 Å². The molecule has 8 heteroatoms.